The van der Waals surface area contributed by atoms with Gasteiger partial charge in [0, 0.05) is 23.5 Å². The number of hydrogen-bond acceptors (Lipinski definition) is 2. The highest BCUT2D eigenvalue weighted by atomic mass is 79.9. The Balaban J connectivity index is 2.15. The number of rotatable bonds is 4. The molecule has 1 N–H and O–H groups in total. The molecule has 0 aliphatic heterocycles. The summed E-state index contributed by atoms with van der Waals surface area (Å²) in [6, 6.07) is 0. The standard InChI is InChI=1S/C6H9BrN2S/c7-2-1-5-10-6-8-3-4-9-6/h3-4H,1-2,5H2,(H,8,9). The molecule has 0 bridgehead atoms. The Hall–Kier alpha value is 0.0400. The molecule has 0 unspecified atom stereocenters. The van der Waals surface area contributed by atoms with Crippen LogP contribution in [0.2, 0.25) is 0 Å². The van der Waals surface area contributed by atoms with E-state index in [-0.39, 0.29) is 0 Å². The van der Waals surface area contributed by atoms with Crippen LogP contribution in [0.5, 0.6) is 0 Å². The molecule has 4 heteroatoms. The zero-order chi connectivity index (χ0) is 7.23. The lowest BCUT2D eigenvalue weighted by Crippen LogP contribution is -1.81. The summed E-state index contributed by atoms with van der Waals surface area (Å²) in [6.45, 7) is 0. The molecule has 10 heavy (non-hydrogen) atoms. The molecule has 0 aliphatic rings. The fourth-order valence-electron chi connectivity index (χ4n) is 0.553. The van der Waals surface area contributed by atoms with E-state index >= 15 is 0 Å². The average Bonchev–Trinajstić information content (AvgIpc) is 2.41. The molecule has 1 aromatic heterocycles. The number of halogens is 1. The number of thioether (sulfide) groups is 1. The molecular weight excluding hydrogens is 212 g/mol. The number of nitrogens with zero attached hydrogens (tertiary/aromatic N) is 1. The van der Waals surface area contributed by atoms with Gasteiger partial charge < -0.3 is 4.98 Å². The Morgan fingerprint density at radius 3 is 3.20 bits per heavy atom. The average molecular weight is 221 g/mol. The van der Waals surface area contributed by atoms with E-state index in [1.54, 1.807) is 18.0 Å². The SMILES string of the molecule is BrCCCSc1ncc[nH]1. The normalized spacial score (nSPS) is 10.1. The second-order valence-electron chi connectivity index (χ2n) is 1.79. The molecule has 0 aliphatic carbocycles. The van der Waals surface area contributed by atoms with Crippen molar-refractivity contribution in [3.8, 4) is 0 Å². The summed E-state index contributed by atoms with van der Waals surface area (Å²) < 4.78 is 0. The Kier molecular flexibility index (Phi) is 3.90. The van der Waals surface area contributed by atoms with E-state index in [9.17, 15) is 0 Å². The smallest absolute Gasteiger partial charge is 0.165 e. The van der Waals surface area contributed by atoms with E-state index in [0.717, 1.165) is 16.2 Å². The fraction of sp³-hybridized carbons (Fsp3) is 0.500. The van der Waals surface area contributed by atoms with Gasteiger partial charge in [-0.1, -0.05) is 27.7 Å². The molecule has 0 fully saturated rings. The first-order valence-electron chi connectivity index (χ1n) is 3.11. The highest BCUT2D eigenvalue weighted by molar-refractivity contribution is 9.09. The van der Waals surface area contributed by atoms with E-state index in [1.807, 2.05) is 6.20 Å². The van der Waals surface area contributed by atoms with Crippen molar-refractivity contribution in [1.29, 1.82) is 0 Å². The van der Waals surface area contributed by atoms with E-state index in [1.165, 1.54) is 6.42 Å². The van der Waals surface area contributed by atoms with Crippen LogP contribution in [-0.4, -0.2) is 21.1 Å². The van der Waals surface area contributed by atoms with Crippen molar-refractivity contribution in [3.63, 3.8) is 0 Å². The molecule has 0 saturated heterocycles. The lowest BCUT2D eigenvalue weighted by Gasteiger charge is -1.92. The molecule has 2 nitrogen and oxygen atoms in total. The predicted octanol–water partition coefficient (Wildman–Crippen LogP) is 2.29. The van der Waals surface area contributed by atoms with Crippen molar-refractivity contribution in [2.45, 2.75) is 11.6 Å². The van der Waals surface area contributed by atoms with Crippen LogP contribution in [0.4, 0.5) is 0 Å². The molecule has 0 amide bonds. The predicted molar refractivity (Wildman–Crippen MR) is 47.7 cm³/mol. The summed E-state index contributed by atoms with van der Waals surface area (Å²) in [5, 5.41) is 2.08. The summed E-state index contributed by atoms with van der Waals surface area (Å²) in [6.07, 6.45) is 4.80. The number of nitrogens with one attached hydrogen (secondary N) is 1. The monoisotopic (exact) mass is 220 g/mol. The van der Waals surface area contributed by atoms with Gasteiger partial charge >= 0.3 is 0 Å². The molecule has 1 aromatic rings. The zero-order valence-corrected chi connectivity index (χ0v) is 7.91. The van der Waals surface area contributed by atoms with Crippen molar-refractivity contribution in [2.75, 3.05) is 11.1 Å². The van der Waals surface area contributed by atoms with Gasteiger partial charge in [-0.15, -0.1) is 0 Å². The highest BCUT2D eigenvalue weighted by Gasteiger charge is 1.92. The molecule has 0 aromatic carbocycles. The van der Waals surface area contributed by atoms with Gasteiger partial charge in [-0.05, 0) is 6.42 Å². The van der Waals surface area contributed by atoms with Crippen LogP contribution in [0.25, 0.3) is 0 Å². The number of alkyl halides is 1. The number of H-pyrrole nitrogens is 1. The Bertz CT molecular complexity index is 164. The first-order chi connectivity index (χ1) is 4.93. The molecule has 56 valence electrons. The van der Waals surface area contributed by atoms with E-state index in [0.29, 0.717) is 0 Å². The second kappa shape index (κ2) is 4.79. The van der Waals surface area contributed by atoms with Gasteiger partial charge in [0.25, 0.3) is 0 Å². The summed E-state index contributed by atoms with van der Waals surface area (Å²) in [5.74, 6) is 1.12. The summed E-state index contributed by atoms with van der Waals surface area (Å²) in [5.41, 5.74) is 0. The van der Waals surface area contributed by atoms with Crippen molar-refractivity contribution in [3.05, 3.63) is 12.4 Å². The van der Waals surface area contributed by atoms with Crippen LogP contribution >= 0.6 is 27.7 Å². The first kappa shape index (κ1) is 8.14. The highest BCUT2D eigenvalue weighted by Crippen LogP contribution is 2.12. The van der Waals surface area contributed by atoms with Crippen LogP contribution < -0.4 is 0 Å². The van der Waals surface area contributed by atoms with Crippen LogP contribution in [0.15, 0.2) is 17.6 Å². The Labute approximate surface area is 72.9 Å². The minimum Gasteiger partial charge on any atom is -0.340 e. The quantitative estimate of drug-likeness (QED) is 0.480. The van der Waals surface area contributed by atoms with Crippen molar-refractivity contribution in [1.82, 2.24) is 9.97 Å². The number of aromatic nitrogens is 2. The molecule has 0 radical (unpaired) electrons. The van der Waals surface area contributed by atoms with Crippen LogP contribution in [0.3, 0.4) is 0 Å². The maximum Gasteiger partial charge on any atom is 0.165 e. The number of hydrogen-bond donors (Lipinski definition) is 1. The molecular formula is C6H9BrN2S. The topological polar surface area (TPSA) is 28.7 Å². The van der Waals surface area contributed by atoms with Gasteiger partial charge in [-0.25, -0.2) is 4.98 Å². The molecule has 1 rings (SSSR count). The third-order valence-corrected chi connectivity index (χ3v) is 2.54. The fourth-order valence-corrected chi connectivity index (χ4v) is 1.97. The maximum absolute atomic E-state index is 4.08. The Morgan fingerprint density at radius 1 is 1.70 bits per heavy atom. The zero-order valence-electron chi connectivity index (χ0n) is 5.51. The van der Waals surface area contributed by atoms with Gasteiger partial charge in [0.15, 0.2) is 5.16 Å². The largest absolute Gasteiger partial charge is 0.340 e. The summed E-state index contributed by atoms with van der Waals surface area (Å²) in [7, 11) is 0. The Morgan fingerprint density at radius 2 is 2.60 bits per heavy atom. The van der Waals surface area contributed by atoms with Crippen molar-refractivity contribution >= 4 is 27.7 Å². The van der Waals surface area contributed by atoms with E-state index in [2.05, 4.69) is 25.9 Å². The van der Waals surface area contributed by atoms with Crippen LogP contribution in [0.1, 0.15) is 6.42 Å². The molecule has 1 heterocycles. The van der Waals surface area contributed by atoms with Gasteiger partial charge in [0.2, 0.25) is 0 Å². The minimum atomic E-state index is 1.01. The maximum atomic E-state index is 4.08. The second-order valence-corrected chi connectivity index (χ2v) is 3.66. The minimum absolute atomic E-state index is 1.01. The van der Waals surface area contributed by atoms with Gasteiger partial charge in [-0.2, -0.15) is 0 Å². The van der Waals surface area contributed by atoms with E-state index in [4.69, 9.17) is 0 Å². The molecule has 0 saturated carbocycles. The lowest BCUT2D eigenvalue weighted by molar-refractivity contribution is 1.04. The van der Waals surface area contributed by atoms with Gasteiger partial charge in [-0.3, -0.25) is 0 Å². The summed E-state index contributed by atoms with van der Waals surface area (Å²) in [4.78, 5) is 7.11. The summed E-state index contributed by atoms with van der Waals surface area (Å²) >= 11 is 5.12. The van der Waals surface area contributed by atoms with Crippen molar-refractivity contribution < 1.29 is 0 Å². The van der Waals surface area contributed by atoms with Crippen LogP contribution in [-0.2, 0) is 0 Å². The number of aromatic amines is 1. The first-order valence-corrected chi connectivity index (χ1v) is 5.22. The number of imidazole rings is 1. The van der Waals surface area contributed by atoms with Crippen LogP contribution in [0, 0.1) is 0 Å². The van der Waals surface area contributed by atoms with E-state index < -0.39 is 0 Å². The third kappa shape index (κ3) is 2.75. The lowest BCUT2D eigenvalue weighted by atomic mass is 10.6. The molecule has 0 spiro atoms. The van der Waals surface area contributed by atoms with Gasteiger partial charge in [0.05, 0.1) is 0 Å². The molecule has 0 atom stereocenters. The van der Waals surface area contributed by atoms with Crippen molar-refractivity contribution in [2.24, 2.45) is 0 Å². The third-order valence-electron chi connectivity index (χ3n) is 0.990. The van der Waals surface area contributed by atoms with Gasteiger partial charge in [0.1, 0.15) is 0 Å².